The summed E-state index contributed by atoms with van der Waals surface area (Å²) in [5.74, 6) is -0.657. The Labute approximate surface area is 187 Å². The Morgan fingerprint density at radius 1 is 1.12 bits per heavy atom. The highest BCUT2D eigenvalue weighted by Crippen LogP contribution is 2.25. The Hall–Kier alpha value is -2.71. The molecule has 0 radical (unpaired) electrons. The summed E-state index contributed by atoms with van der Waals surface area (Å²) in [6.45, 7) is 2.08. The summed E-state index contributed by atoms with van der Waals surface area (Å²) in [6, 6.07) is 9.13. The molecule has 8 heteroatoms. The molecule has 32 heavy (non-hydrogen) atoms. The second-order valence-corrected chi connectivity index (χ2v) is 8.76. The topological polar surface area (TPSA) is 103 Å². The number of aliphatic hydroxyl groups excluding tert-OH is 1. The minimum Gasteiger partial charge on any atom is -0.490 e. The van der Waals surface area contributed by atoms with E-state index < -0.39 is 18.0 Å². The molecule has 2 aromatic rings. The van der Waals surface area contributed by atoms with Crippen molar-refractivity contribution in [2.75, 3.05) is 32.8 Å². The number of aliphatic hydroxyl groups is 1. The van der Waals surface area contributed by atoms with E-state index in [1.165, 1.54) is 0 Å². The first kappa shape index (κ1) is 22.5. The number of likely N-dealkylation sites (tertiary alicyclic amines) is 2. The van der Waals surface area contributed by atoms with Crippen molar-refractivity contribution >= 4 is 22.8 Å². The number of rotatable bonds is 7. The zero-order valence-electron chi connectivity index (χ0n) is 18.2. The molecule has 0 spiro atoms. The lowest BCUT2D eigenvalue weighted by molar-refractivity contribution is -0.148. The highest BCUT2D eigenvalue weighted by atomic mass is 16.5. The number of pyridine rings is 1. The number of benzene rings is 1. The van der Waals surface area contributed by atoms with E-state index in [4.69, 9.17) is 4.74 Å². The molecule has 0 saturated carbocycles. The van der Waals surface area contributed by atoms with Gasteiger partial charge in [-0.1, -0.05) is 12.5 Å². The van der Waals surface area contributed by atoms with Gasteiger partial charge in [-0.15, -0.1) is 0 Å². The average molecular weight is 442 g/mol. The van der Waals surface area contributed by atoms with Crippen LogP contribution in [0.4, 0.5) is 0 Å². The number of carboxylic acid groups (broad SMARTS) is 1. The van der Waals surface area contributed by atoms with Gasteiger partial charge in [0, 0.05) is 31.2 Å². The molecular weight excluding hydrogens is 410 g/mol. The number of hydrogen-bond donors (Lipinski definition) is 2. The maximum atomic E-state index is 13.2. The number of fused-ring (bicyclic) bond motifs is 1. The van der Waals surface area contributed by atoms with Crippen LogP contribution in [-0.2, 0) is 9.59 Å². The van der Waals surface area contributed by atoms with E-state index in [2.05, 4.69) is 4.98 Å². The van der Waals surface area contributed by atoms with Crippen molar-refractivity contribution in [3.8, 4) is 5.75 Å². The quantitative estimate of drug-likeness (QED) is 0.679. The Bertz CT molecular complexity index is 947. The number of amides is 1. The van der Waals surface area contributed by atoms with Gasteiger partial charge in [0.15, 0.2) is 0 Å². The molecule has 4 rings (SSSR count). The fraction of sp³-hybridized carbons (Fsp3) is 0.542. The van der Waals surface area contributed by atoms with Gasteiger partial charge in [0.2, 0.25) is 5.91 Å². The third-order valence-corrected chi connectivity index (χ3v) is 6.46. The lowest BCUT2D eigenvalue weighted by Crippen LogP contribution is -2.55. The lowest BCUT2D eigenvalue weighted by atomic mass is 9.95. The summed E-state index contributed by atoms with van der Waals surface area (Å²) < 4.78 is 5.90. The lowest BCUT2D eigenvalue weighted by Gasteiger charge is -2.40. The normalized spacial score (nSPS) is 23.1. The highest BCUT2D eigenvalue weighted by Gasteiger charge is 2.36. The molecule has 172 valence electrons. The average Bonchev–Trinajstić information content (AvgIpc) is 2.82. The van der Waals surface area contributed by atoms with Crippen molar-refractivity contribution in [3.05, 3.63) is 36.5 Å². The maximum absolute atomic E-state index is 13.2. The van der Waals surface area contributed by atoms with Crippen LogP contribution in [0.3, 0.4) is 0 Å². The Kier molecular flexibility index (Phi) is 7.22. The molecule has 3 heterocycles. The Morgan fingerprint density at radius 3 is 2.84 bits per heavy atom. The van der Waals surface area contributed by atoms with Crippen LogP contribution in [0.1, 0.15) is 32.1 Å². The van der Waals surface area contributed by atoms with E-state index in [9.17, 15) is 19.8 Å². The molecule has 3 atom stereocenters. The minimum absolute atomic E-state index is 0.0103. The van der Waals surface area contributed by atoms with Crippen LogP contribution in [0.2, 0.25) is 0 Å². The fourth-order valence-electron chi connectivity index (χ4n) is 4.79. The number of carboxylic acids is 1. The van der Waals surface area contributed by atoms with Crippen molar-refractivity contribution in [1.82, 2.24) is 14.8 Å². The first-order chi connectivity index (χ1) is 15.5. The molecule has 0 bridgehead atoms. The van der Waals surface area contributed by atoms with Crippen LogP contribution in [0.25, 0.3) is 10.9 Å². The van der Waals surface area contributed by atoms with Gasteiger partial charge in [-0.2, -0.15) is 0 Å². The number of piperidine rings is 2. The number of carbonyl (C=O) groups excluding carboxylic acids is 1. The number of hydrogen-bond acceptors (Lipinski definition) is 6. The molecule has 2 unspecified atom stereocenters. The van der Waals surface area contributed by atoms with Gasteiger partial charge in [-0.3, -0.25) is 19.5 Å². The molecule has 0 aliphatic carbocycles. The van der Waals surface area contributed by atoms with Crippen LogP contribution >= 0.6 is 0 Å². The third-order valence-electron chi connectivity index (χ3n) is 6.46. The van der Waals surface area contributed by atoms with Gasteiger partial charge in [-0.05, 0) is 56.5 Å². The van der Waals surface area contributed by atoms with Crippen LogP contribution in [0, 0.1) is 5.92 Å². The largest absolute Gasteiger partial charge is 0.490 e. The first-order valence-corrected chi connectivity index (χ1v) is 11.4. The van der Waals surface area contributed by atoms with Crippen LogP contribution < -0.4 is 4.74 Å². The van der Waals surface area contributed by atoms with E-state index in [1.807, 2.05) is 35.2 Å². The molecule has 2 aliphatic heterocycles. The summed E-state index contributed by atoms with van der Waals surface area (Å²) >= 11 is 0. The fourth-order valence-corrected chi connectivity index (χ4v) is 4.79. The third kappa shape index (κ3) is 5.19. The first-order valence-electron chi connectivity index (χ1n) is 11.4. The van der Waals surface area contributed by atoms with Crippen LogP contribution in [-0.4, -0.2) is 81.8 Å². The van der Waals surface area contributed by atoms with Gasteiger partial charge in [-0.25, -0.2) is 0 Å². The number of carbonyl (C=O) groups is 2. The summed E-state index contributed by atoms with van der Waals surface area (Å²) in [5.41, 5.74) is 0.836. The van der Waals surface area contributed by atoms with Crippen molar-refractivity contribution in [2.24, 2.45) is 5.92 Å². The van der Waals surface area contributed by atoms with E-state index in [0.717, 1.165) is 36.7 Å². The monoisotopic (exact) mass is 441 g/mol. The van der Waals surface area contributed by atoms with Crippen molar-refractivity contribution in [3.63, 3.8) is 0 Å². The summed E-state index contributed by atoms with van der Waals surface area (Å²) in [7, 11) is 0. The van der Waals surface area contributed by atoms with E-state index >= 15 is 0 Å². The molecule has 1 aromatic heterocycles. The second-order valence-electron chi connectivity index (χ2n) is 8.76. The number of nitrogens with zero attached hydrogens (tertiary/aromatic N) is 3. The zero-order chi connectivity index (χ0) is 22.5. The molecule has 1 aromatic carbocycles. The second kappa shape index (κ2) is 10.3. The van der Waals surface area contributed by atoms with E-state index in [-0.39, 0.29) is 25.1 Å². The molecule has 1 amide bonds. The number of aliphatic carboxylic acids is 1. The van der Waals surface area contributed by atoms with E-state index in [1.54, 1.807) is 11.1 Å². The molecule has 2 aliphatic rings. The molecule has 2 saturated heterocycles. The predicted octanol–water partition coefficient (Wildman–Crippen LogP) is 2.15. The summed E-state index contributed by atoms with van der Waals surface area (Å²) in [5, 5.41) is 20.9. The molecule has 8 nitrogen and oxygen atoms in total. The van der Waals surface area contributed by atoms with Gasteiger partial charge in [0.1, 0.15) is 18.5 Å². The number of aromatic nitrogens is 1. The summed E-state index contributed by atoms with van der Waals surface area (Å²) in [6.07, 6.45) is 4.98. The Morgan fingerprint density at radius 2 is 2.00 bits per heavy atom. The van der Waals surface area contributed by atoms with Crippen LogP contribution in [0.15, 0.2) is 36.5 Å². The van der Waals surface area contributed by atoms with E-state index in [0.29, 0.717) is 31.7 Å². The molecule has 2 fully saturated rings. The molecule has 2 N–H and O–H groups in total. The maximum Gasteiger partial charge on any atom is 0.308 e. The smallest absolute Gasteiger partial charge is 0.308 e. The zero-order valence-corrected chi connectivity index (χ0v) is 18.2. The van der Waals surface area contributed by atoms with Gasteiger partial charge in [0.05, 0.1) is 17.5 Å². The van der Waals surface area contributed by atoms with Crippen molar-refractivity contribution in [1.29, 1.82) is 0 Å². The van der Waals surface area contributed by atoms with Gasteiger partial charge in [0.25, 0.3) is 0 Å². The standard InChI is InChI=1S/C24H31N3O5/c28-18(16-32-22-10-3-8-20-19(22)7-4-11-25-20)15-26-12-2-1-9-21(26)23(29)27-13-5-6-17(14-27)24(30)31/h3-4,7-8,10-11,17-18,21,28H,1-2,5-6,9,12-16H2,(H,30,31)/t17?,18-,21?/m1/s1. The Balaban J connectivity index is 1.36. The van der Waals surface area contributed by atoms with Crippen molar-refractivity contribution in [2.45, 2.75) is 44.2 Å². The number of β-amino-alcohol motifs (C(OH)–C–C–N with tert-alkyl or cyclic N) is 1. The predicted molar refractivity (Wildman–Crippen MR) is 119 cm³/mol. The van der Waals surface area contributed by atoms with Crippen LogP contribution in [0.5, 0.6) is 5.75 Å². The SMILES string of the molecule is O=C(O)C1CCCN(C(=O)C2CCCCN2C[C@@H](O)COc2cccc3ncccc23)C1. The van der Waals surface area contributed by atoms with Crippen molar-refractivity contribution < 1.29 is 24.5 Å². The van der Waals surface area contributed by atoms with Gasteiger partial charge >= 0.3 is 5.97 Å². The van der Waals surface area contributed by atoms with Gasteiger partial charge < -0.3 is 19.8 Å². The highest BCUT2D eigenvalue weighted by molar-refractivity contribution is 5.85. The number of ether oxygens (including phenoxy) is 1. The molecular formula is C24H31N3O5. The minimum atomic E-state index is -0.834. The summed E-state index contributed by atoms with van der Waals surface area (Å²) in [4.78, 5) is 32.7.